The van der Waals surface area contributed by atoms with Crippen molar-refractivity contribution in [1.82, 2.24) is 9.97 Å². The van der Waals surface area contributed by atoms with Crippen LogP contribution in [0.4, 0.5) is 0 Å². The predicted octanol–water partition coefficient (Wildman–Crippen LogP) is -0.619. The third-order valence-corrected chi connectivity index (χ3v) is 0.506. The van der Waals surface area contributed by atoms with Crippen LogP contribution in [0.1, 0.15) is 0 Å². The highest BCUT2D eigenvalue weighted by atomic mass is 16.3. The van der Waals surface area contributed by atoms with E-state index in [9.17, 15) is 0 Å². The molecule has 0 saturated carbocycles. The van der Waals surface area contributed by atoms with Crippen molar-refractivity contribution < 1.29 is 10.2 Å². The molecule has 0 saturated heterocycles. The molecule has 0 bridgehead atoms. The van der Waals surface area contributed by atoms with Crippen LogP contribution < -0.4 is 0 Å². The summed E-state index contributed by atoms with van der Waals surface area (Å²) in [5.41, 5.74) is 0. The van der Waals surface area contributed by atoms with E-state index in [0.717, 1.165) is 0 Å². The fraction of sp³-hybridized carbons (Fsp3) is 0.400. The average molecular weight is 130 g/mol. The molecule has 4 nitrogen and oxygen atoms in total. The Hall–Kier alpha value is -0.870. The molecule has 3 N–H and O–H groups in total. The van der Waals surface area contributed by atoms with Crippen molar-refractivity contribution in [1.29, 1.82) is 0 Å². The molecular formula is C5H10N2O2. The molecule has 0 atom stereocenters. The smallest absolute Gasteiger partial charge is 0.0919 e. The number of nitrogens with zero attached hydrogens (tertiary/aromatic N) is 1. The number of nitrogens with one attached hydrogen (secondary N) is 1. The van der Waals surface area contributed by atoms with Crippen LogP contribution in [-0.2, 0) is 0 Å². The Bertz CT molecular complexity index is 88.5. The molecule has 4 heteroatoms. The van der Waals surface area contributed by atoms with Crippen molar-refractivity contribution in [2.75, 3.05) is 13.2 Å². The predicted molar refractivity (Wildman–Crippen MR) is 32.8 cm³/mol. The first-order valence-electron chi connectivity index (χ1n) is 2.56. The maximum Gasteiger partial charge on any atom is 0.0919 e. The van der Waals surface area contributed by atoms with Gasteiger partial charge in [-0.15, -0.1) is 0 Å². The number of aliphatic hydroxyl groups excluding tert-OH is 2. The molecule has 1 heterocycles. The number of hydrogen-bond donors (Lipinski definition) is 3. The first-order chi connectivity index (χ1) is 4.41. The van der Waals surface area contributed by atoms with E-state index >= 15 is 0 Å². The molecule has 52 valence electrons. The standard InChI is InChI=1S/C3H4N2.C2H6O2/c1-2-5-3-4-1;3-1-2-4/h1-3H,(H,4,5);3-4H,1-2H2. The summed E-state index contributed by atoms with van der Waals surface area (Å²) < 4.78 is 0. The lowest BCUT2D eigenvalue weighted by atomic mass is 10.8. The Balaban J connectivity index is 0.000000148. The van der Waals surface area contributed by atoms with Crippen LogP contribution in [-0.4, -0.2) is 33.4 Å². The van der Waals surface area contributed by atoms with Gasteiger partial charge in [-0.1, -0.05) is 0 Å². The normalized spacial score (nSPS) is 7.78. The minimum absolute atomic E-state index is 0.125. The summed E-state index contributed by atoms with van der Waals surface area (Å²) in [6, 6.07) is 0. The largest absolute Gasteiger partial charge is 0.394 e. The van der Waals surface area contributed by atoms with Crippen LogP contribution in [0, 0.1) is 0 Å². The SMILES string of the molecule is OCCO.c1c[nH]cn1. The molecule has 0 radical (unpaired) electrons. The molecule has 9 heavy (non-hydrogen) atoms. The molecule has 1 aromatic heterocycles. The van der Waals surface area contributed by atoms with Gasteiger partial charge in [0, 0.05) is 12.4 Å². The lowest BCUT2D eigenvalue weighted by Crippen LogP contribution is -1.85. The zero-order valence-corrected chi connectivity index (χ0v) is 4.99. The average Bonchev–Trinajstić information content (AvgIpc) is 2.43. The summed E-state index contributed by atoms with van der Waals surface area (Å²) in [5, 5.41) is 15.2. The maximum absolute atomic E-state index is 7.62. The number of H-pyrrole nitrogens is 1. The summed E-state index contributed by atoms with van der Waals surface area (Å²) in [5.74, 6) is 0. The quantitative estimate of drug-likeness (QED) is 0.474. The fourth-order valence-electron chi connectivity index (χ4n) is 0.215. The summed E-state index contributed by atoms with van der Waals surface area (Å²) in [4.78, 5) is 6.42. The minimum Gasteiger partial charge on any atom is -0.394 e. The third-order valence-electron chi connectivity index (χ3n) is 0.506. The Morgan fingerprint density at radius 1 is 1.33 bits per heavy atom. The molecule has 0 aliphatic rings. The summed E-state index contributed by atoms with van der Waals surface area (Å²) in [6.07, 6.45) is 5.08. The van der Waals surface area contributed by atoms with Gasteiger partial charge in [-0.25, -0.2) is 4.98 Å². The zero-order valence-electron chi connectivity index (χ0n) is 4.99. The van der Waals surface area contributed by atoms with E-state index in [-0.39, 0.29) is 13.2 Å². The van der Waals surface area contributed by atoms with Gasteiger partial charge in [-0.2, -0.15) is 0 Å². The van der Waals surface area contributed by atoms with E-state index in [1.165, 1.54) is 0 Å². The van der Waals surface area contributed by atoms with Gasteiger partial charge in [0.05, 0.1) is 19.5 Å². The lowest BCUT2D eigenvalue weighted by Gasteiger charge is -1.70. The zero-order chi connectivity index (χ0) is 6.95. The molecular weight excluding hydrogens is 120 g/mol. The number of aromatic nitrogens is 2. The number of hydrogen-bond acceptors (Lipinski definition) is 3. The maximum atomic E-state index is 7.62. The van der Waals surface area contributed by atoms with E-state index in [4.69, 9.17) is 10.2 Å². The Morgan fingerprint density at radius 2 is 2.00 bits per heavy atom. The van der Waals surface area contributed by atoms with Crippen LogP contribution >= 0.6 is 0 Å². The molecule has 0 unspecified atom stereocenters. The topological polar surface area (TPSA) is 69.1 Å². The number of imidazole rings is 1. The molecule has 0 aliphatic heterocycles. The van der Waals surface area contributed by atoms with Gasteiger partial charge < -0.3 is 15.2 Å². The van der Waals surface area contributed by atoms with Crippen molar-refractivity contribution in [3.05, 3.63) is 18.7 Å². The second-order valence-corrected chi connectivity index (χ2v) is 1.21. The lowest BCUT2D eigenvalue weighted by molar-refractivity contribution is 0.186. The van der Waals surface area contributed by atoms with Crippen LogP contribution in [0.2, 0.25) is 0 Å². The Morgan fingerprint density at radius 3 is 2.11 bits per heavy atom. The van der Waals surface area contributed by atoms with Crippen molar-refractivity contribution in [3.8, 4) is 0 Å². The highest BCUT2D eigenvalue weighted by molar-refractivity contribution is 4.64. The second-order valence-electron chi connectivity index (χ2n) is 1.21. The summed E-state index contributed by atoms with van der Waals surface area (Å²) in [7, 11) is 0. The van der Waals surface area contributed by atoms with Crippen molar-refractivity contribution >= 4 is 0 Å². The van der Waals surface area contributed by atoms with Crippen molar-refractivity contribution in [3.63, 3.8) is 0 Å². The highest BCUT2D eigenvalue weighted by Crippen LogP contribution is 1.62. The molecule has 0 aliphatic carbocycles. The molecule has 0 aromatic carbocycles. The van der Waals surface area contributed by atoms with Gasteiger partial charge in [0.15, 0.2) is 0 Å². The molecule has 1 rings (SSSR count). The summed E-state index contributed by atoms with van der Waals surface area (Å²) >= 11 is 0. The van der Waals surface area contributed by atoms with Crippen LogP contribution in [0.5, 0.6) is 0 Å². The van der Waals surface area contributed by atoms with Crippen molar-refractivity contribution in [2.24, 2.45) is 0 Å². The van der Waals surface area contributed by atoms with Crippen LogP contribution in [0.25, 0.3) is 0 Å². The first-order valence-corrected chi connectivity index (χ1v) is 2.56. The van der Waals surface area contributed by atoms with E-state index in [1.54, 1.807) is 18.7 Å². The van der Waals surface area contributed by atoms with Gasteiger partial charge in [0.1, 0.15) is 0 Å². The first kappa shape index (κ1) is 8.13. The highest BCUT2D eigenvalue weighted by Gasteiger charge is 1.58. The van der Waals surface area contributed by atoms with Gasteiger partial charge in [-0.05, 0) is 0 Å². The van der Waals surface area contributed by atoms with Gasteiger partial charge in [0.25, 0.3) is 0 Å². The summed E-state index contributed by atoms with van der Waals surface area (Å²) in [6.45, 7) is -0.250. The van der Waals surface area contributed by atoms with Crippen LogP contribution in [0.15, 0.2) is 18.7 Å². The van der Waals surface area contributed by atoms with E-state index in [2.05, 4.69) is 9.97 Å². The molecule has 0 fully saturated rings. The fourth-order valence-corrected chi connectivity index (χ4v) is 0.215. The van der Waals surface area contributed by atoms with Gasteiger partial charge in [-0.3, -0.25) is 0 Å². The van der Waals surface area contributed by atoms with E-state index in [0.29, 0.717) is 0 Å². The van der Waals surface area contributed by atoms with E-state index < -0.39 is 0 Å². The van der Waals surface area contributed by atoms with Crippen LogP contribution in [0.3, 0.4) is 0 Å². The Kier molecular flexibility index (Phi) is 6.44. The van der Waals surface area contributed by atoms with E-state index in [1.807, 2.05) is 0 Å². The van der Waals surface area contributed by atoms with Gasteiger partial charge >= 0.3 is 0 Å². The van der Waals surface area contributed by atoms with Gasteiger partial charge in [0.2, 0.25) is 0 Å². The molecule has 1 aromatic rings. The number of aliphatic hydroxyl groups is 2. The second kappa shape index (κ2) is 7.13. The molecule has 0 amide bonds. The Labute approximate surface area is 53.2 Å². The molecule has 0 spiro atoms. The minimum atomic E-state index is -0.125. The third kappa shape index (κ3) is 7.13. The number of aromatic amines is 1. The monoisotopic (exact) mass is 130 g/mol. The number of rotatable bonds is 1. The van der Waals surface area contributed by atoms with Crippen molar-refractivity contribution in [2.45, 2.75) is 0 Å².